The number of amides is 1. The molecule has 1 unspecified atom stereocenters. The number of hydrogen-bond acceptors (Lipinski definition) is 4. The van der Waals surface area contributed by atoms with E-state index in [1.807, 2.05) is 0 Å². The van der Waals surface area contributed by atoms with E-state index in [0.717, 1.165) is 25.2 Å². The first-order chi connectivity index (χ1) is 7.25. The van der Waals surface area contributed by atoms with Crippen LogP contribution in [0.3, 0.4) is 0 Å². The quantitative estimate of drug-likeness (QED) is 0.825. The van der Waals surface area contributed by atoms with Gasteiger partial charge in [-0.3, -0.25) is 4.79 Å². The Bertz CT molecular complexity index is 348. The van der Waals surface area contributed by atoms with Gasteiger partial charge in [-0.25, -0.2) is 0 Å². The van der Waals surface area contributed by atoms with Crippen LogP contribution in [-0.4, -0.2) is 30.7 Å². The predicted octanol–water partition coefficient (Wildman–Crippen LogP) is 0.744. The van der Waals surface area contributed by atoms with E-state index in [9.17, 15) is 4.79 Å². The predicted molar refractivity (Wildman–Crippen MR) is 61.8 cm³/mol. The van der Waals surface area contributed by atoms with Crippen LogP contribution in [-0.2, 0) is 0 Å². The molecular formula is C10H16ClN3O2. The Balaban J connectivity index is 0.00000128. The van der Waals surface area contributed by atoms with Crippen LogP contribution < -0.4 is 10.6 Å². The molecular weight excluding hydrogens is 230 g/mol. The van der Waals surface area contributed by atoms with Crippen LogP contribution in [0.15, 0.2) is 10.6 Å². The first kappa shape index (κ1) is 13.0. The van der Waals surface area contributed by atoms with Crippen molar-refractivity contribution in [2.24, 2.45) is 5.92 Å². The maximum atomic E-state index is 11.5. The lowest BCUT2D eigenvalue weighted by Gasteiger charge is -2.07. The first-order valence-electron chi connectivity index (χ1n) is 5.18. The number of nitrogens with one attached hydrogen (secondary N) is 2. The third-order valence-corrected chi connectivity index (χ3v) is 2.57. The molecule has 5 nitrogen and oxygen atoms in total. The average molecular weight is 246 g/mol. The molecule has 2 rings (SSSR count). The molecule has 1 fully saturated rings. The minimum Gasteiger partial charge on any atom is -0.351 e. The molecule has 6 heteroatoms. The highest BCUT2D eigenvalue weighted by Crippen LogP contribution is 2.06. The van der Waals surface area contributed by atoms with Crippen molar-refractivity contribution >= 4 is 18.3 Å². The standard InChI is InChI=1S/C10H15N3O2.ClH/c1-7-4-9(15-13-7)10(14)12-6-8-2-3-11-5-8;/h4,8,11H,2-3,5-6H2,1H3,(H,12,14);1H. The maximum absolute atomic E-state index is 11.5. The molecule has 1 saturated heterocycles. The van der Waals surface area contributed by atoms with Gasteiger partial charge in [0.1, 0.15) is 0 Å². The van der Waals surface area contributed by atoms with Crippen LogP contribution in [0, 0.1) is 12.8 Å². The van der Waals surface area contributed by atoms with Gasteiger partial charge in [-0.1, -0.05) is 5.16 Å². The molecule has 1 aliphatic heterocycles. The summed E-state index contributed by atoms with van der Waals surface area (Å²) in [6.45, 7) is 4.52. The van der Waals surface area contributed by atoms with Crippen molar-refractivity contribution in [2.75, 3.05) is 19.6 Å². The number of carbonyl (C=O) groups excluding carboxylic acids is 1. The molecule has 0 bridgehead atoms. The summed E-state index contributed by atoms with van der Waals surface area (Å²) < 4.78 is 4.86. The number of carbonyl (C=O) groups is 1. The number of nitrogens with zero attached hydrogens (tertiary/aromatic N) is 1. The minimum absolute atomic E-state index is 0. The number of halogens is 1. The molecule has 0 radical (unpaired) electrons. The van der Waals surface area contributed by atoms with Crippen LogP contribution >= 0.6 is 12.4 Å². The molecule has 16 heavy (non-hydrogen) atoms. The van der Waals surface area contributed by atoms with Gasteiger partial charge in [-0.15, -0.1) is 12.4 Å². The molecule has 0 saturated carbocycles. The van der Waals surface area contributed by atoms with E-state index in [0.29, 0.717) is 18.2 Å². The van der Waals surface area contributed by atoms with E-state index in [2.05, 4.69) is 15.8 Å². The number of aryl methyl sites for hydroxylation is 1. The lowest BCUT2D eigenvalue weighted by molar-refractivity contribution is 0.0911. The van der Waals surface area contributed by atoms with Gasteiger partial charge in [0.2, 0.25) is 5.76 Å². The van der Waals surface area contributed by atoms with Gasteiger partial charge in [-0.2, -0.15) is 0 Å². The van der Waals surface area contributed by atoms with Crippen LogP contribution in [0.2, 0.25) is 0 Å². The van der Waals surface area contributed by atoms with Crippen molar-refractivity contribution < 1.29 is 9.32 Å². The molecule has 90 valence electrons. The average Bonchev–Trinajstić information content (AvgIpc) is 2.84. The zero-order chi connectivity index (χ0) is 10.7. The highest BCUT2D eigenvalue weighted by molar-refractivity contribution is 5.91. The number of hydrogen-bond donors (Lipinski definition) is 2. The Morgan fingerprint density at radius 1 is 1.75 bits per heavy atom. The second-order valence-electron chi connectivity index (χ2n) is 3.90. The summed E-state index contributed by atoms with van der Waals surface area (Å²) in [5.74, 6) is 0.652. The summed E-state index contributed by atoms with van der Waals surface area (Å²) in [5, 5.41) is 9.76. The summed E-state index contributed by atoms with van der Waals surface area (Å²) in [4.78, 5) is 11.5. The van der Waals surface area contributed by atoms with Crippen molar-refractivity contribution in [1.29, 1.82) is 0 Å². The molecule has 1 atom stereocenters. The summed E-state index contributed by atoms with van der Waals surface area (Å²) in [5.41, 5.74) is 0.725. The lowest BCUT2D eigenvalue weighted by atomic mass is 10.1. The lowest BCUT2D eigenvalue weighted by Crippen LogP contribution is -2.29. The highest BCUT2D eigenvalue weighted by atomic mass is 35.5. The van der Waals surface area contributed by atoms with Gasteiger partial charge in [0, 0.05) is 12.6 Å². The van der Waals surface area contributed by atoms with Crippen molar-refractivity contribution in [1.82, 2.24) is 15.8 Å². The fraction of sp³-hybridized carbons (Fsp3) is 0.600. The Morgan fingerprint density at radius 2 is 2.56 bits per heavy atom. The van der Waals surface area contributed by atoms with Crippen LogP contribution in [0.5, 0.6) is 0 Å². The Hall–Kier alpha value is -1.07. The van der Waals surface area contributed by atoms with Crippen molar-refractivity contribution in [3.8, 4) is 0 Å². The fourth-order valence-electron chi connectivity index (χ4n) is 1.68. The van der Waals surface area contributed by atoms with Gasteiger partial charge in [0.05, 0.1) is 5.69 Å². The zero-order valence-electron chi connectivity index (χ0n) is 9.16. The van der Waals surface area contributed by atoms with Crippen LogP contribution in [0.25, 0.3) is 0 Å². The summed E-state index contributed by atoms with van der Waals surface area (Å²) in [6, 6.07) is 1.64. The molecule has 2 N–H and O–H groups in total. The Kier molecular flexibility index (Phi) is 4.76. The van der Waals surface area contributed by atoms with E-state index in [4.69, 9.17) is 4.52 Å². The fourth-order valence-corrected chi connectivity index (χ4v) is 1.68. The summed E-state index contributed by atoms with van der Waals surface area (Å²) >= 11 is 0. The molecule has 1 amide bonds. The molecule has 1 aliphatic rings. The van der Waals surface area contributed by atoms with E-state index < -0.39 is 0 Å². The third kappa shape index (κ3) is 3.21. The molecule has 0 spiro atoms. The minimum atomic E-state index is -0.178. The van der Waals surface area contributed by atoms with Crippen molar-refractivity contribution in [2.45, 2.75) is 13.3 Å². The second-order valence-corrected chi connectivity index (χ2v) is 3.90. The summed E-state index contributed by atoms with van der Waals surface area (Å²) in [6.07, 6.45) is 1.12. The highest BCUT2D eigenvalue weighted by Gasteiger charge is 2.17. The van der Waals surface area contributed by atoms with Gasteiger partial charge < -0.3 is 15.2 Å². The first-order valence-corrected chi connectivity index (χ1v) is 5.18. The van der Waals surface area contributed by atoms with E-state index in [-0.39, 0.29) is 18.3 Å². The maximum Gasteiger partial charge on any atom is 0.289 e. The van der Waals surface area contributed by atoms with E-state index in [1.54, 1.807) is 13.0 Å². The topological polar surface area (TPSA) is 67.2 Å². The van der Waals surface area contributed by atoms with E-state index in [1.165, 1.54) is 0 Å². The molecule has 0 aromatic carbocycles. The molecule has 1 aromatic heterocycles. The monoisotopic (exact) mass is 245 g/mol. The van der Waals surface area contributed by atoms with Crippen LogP contribution in [0.1, 0.15) is 22.7 Å². The smallest absolute Gasteiger partial charge is 0.289 e. The normalized spacial score (nSPS) is 19.2. The van der Waals surface area contributed by atoms with E-state index >= 15 is 0 Å². The Labute approximate surface area is 100 Å². The SMILES string of the molecule is Cc1cc(C(=O)NCC2CCNC2)on1.Cl. The van der Waals surface area contributed by atoms with Crippen molar-refractivity contribution in [3.63, 3.8) is 0 Å². The number of rotatable bonds is 3. The van der Waals surface area contributed by atoms with Gasteiger partial charge in [-0.05, 0) is 32.4 Å². The summed E-state index contributed by atoms with van der Waals surface area (Å²) in [7, 11) is 0. The number of aromatic nitrogens is 1. The van der Waals surface area contributed by atoms with Gasteiger partial charge in [0.25, 0.3) is 5.91 Å². The Morgan fingerprint density at radius 3 is 3.12 bits per heavy atom. The third-order valence-electron chi connectivity index (χ3n) is 2.57. The van der Waals surface area contributed by atoms with Crippen LogP contribution in [0.4, 0.5) is 0 Å². The van der Waals surface area contributed by atoms with Crippen molar-refractivity contribution in [3.05, 3.63) is 17.5 Å². The largest absolute Gasteiger partial charge is 0.351 e. The molecule has 2 heterocycles. The second kappa shape index (κ2) is 5.86. The molecule has 1 aromatic rings. The zero-order valence-corrected chi connectivity index (χ0v) is 9.97. The van der Waals surface area contributed by atoms with Gasteiger partial charge in [0.15, 0.2) is 0 Å². The molecule has 0 aliphatic carbocycles. The van der Waals surface area contributed by atoms with Gasteiger partial charge >= 0.3 is 0 Å².